The SMILES string of the molecule is Cc1cnccc1CNc1cc(C)c([N+](=O)[O-])cc1Br. The van der Waals surface area contributed by atoms with E-state index in [9.17, 15) is 10.1 Å². The lowest BCUT2D eigenvalue weighted by atomic mass is 10.1. The Morgan fingerprint density at radius 1 is 1.35 bits per heavy atom. The number of hydrogen-bond donors (Lipinski definition) is 1. The molecule has 0 fully saturated rings. The maximum absolute atomic E-state index is 10.9. The van der Waals surface area contributed by atoms with Crippen LogP contribution in [-0.2, 0) is 6.54 Å². The Labute approximate surface area is 125 Å². The van der Waals surface area contributed by atoms with E-state index in [1.165, 1.54) is 6.07 Å². The molecular formula is C14H14BrN3O2. The lowest BCUT2D eigenvalue weighted by Gasteiger charge is -2.11. The first kappa shape index (κ1) is 14.5. The molecule has 0 atom stereocenters. The number of halogens is 1. The van der Waals surface area contributed by atoms with Gasteiger partial charge in [0.1, 0.15) is 0 Å². The van der Waals surface area contributed by atoms with Crippen molar-refractivity contribution >= 4 is 27.3 Å². The van der Waals surface area contributed by atoms with Crippen molar-refractivity contribution in [2.75, 3.05) is 5.32 Å². The zero-order chi connectivity index (χ0) is 14.7. The highest BCUT2D eigenvalue weighted by molar-refractivity contribution is 9.10. The second-order valence-corrected chi connectivity index (χ2v) is 5.39. The van der Waals surface area contributed by atoms with Gasteiger partial charge in [0.2, 0.25) is 0 Å². The van der Waals surface area contributed by atoms with Crippen molar-refractivity contribution in [1.29, 1.82) is 0 Å². The van der Waals surface area contributed by atoms with Crippen molar-refractivity contribution in [3.8, 4) is 0 Å². The Bertz CT molecular complexity index is 659. The summed E-state index contributed by atoms with van der Waals surface area (Å²) in [5.74, 6) is 0. The molecule has 0 amide bonds. The molecule has 0 radical (unpaired) electrons. The molecule has 0 aliphatic carbocycles. The van der Waals surface area contributed by atoms with Crippen LogP contribution in [0.15, 0.2) is 35.1 Å². The van der Waals surface area contributed by atoms with Crippen LogP contribution in [-0.4, -0.2) is 9.91 Å². The van der Waals surface area contributed by atoms with E-state index in [1.54, 1.807) is 19.2 Å². The third-order valence-corrected chi connectivity index (χ3v) is 3.74. The zero-order valence-electron chi connectivity index (χ0n) is 11.2. The number of nitro benzene ring substituents is 1. The number of nitrogens with zero attached hydrogens (tertiary/aromatic N) is 2. The highest BCUT2D eigenvalue weighted by Crippen LogP contribution is 2.31. The van der Waals surface area contributed by atoms with Crippen molar-refractivity contribution < 1.29 is 4.92 Å². The van der Waals surface area contributed by atoms with E-state index in [-0.39, 0.29) is 10.6 Å². The van der Waals surface area contributed by atoms with Gasteiger partial charge >= 0.3 is 0 Å². The van der Waals surface area contributed by atoms with E-state index < -0.39 is 0 Å². The van der Waals surface area contributed by atoms with Gasteiger partial charge in [0, 0.05) is 40.7 Å². The Balaban J connectivity index is 2.21. The normalized spacial score (nSPS) is 10.3. The first-order chi connectivity index (χ1) is 9.49. The number of benzene rings is 1. The van der Waals surface area contributed by atoms with Gasteiger partial charge in [-0.3, -0.25) is 15.1 Å². The molecule has 6 heteroatoms. The molecule has 0 unspecified atom stereocenters. The fourth-order valence-electron chi connectivity index (χ4n) is 1.89. The zero-order valence-corrected chi connectivity index (χ0v) is 12.8. The van der Waals surface area contributed by atoms with Gasteiger partial charge in [-0.15, -0.1) is 0 Å². The number of aryl methyl sites for hydroxylation is 2. The van der Waals surface area contributed by atoms with Crippen molar-refractivity contribution in [2.45, 2.75) is 20.4 Å². The number of rotatable bonds is 4. The van der Waals surface area contributed by atoms with Gasteiger partial charge in [-0.2, -0.15) is 0 Å². The molecule has 0 bridgehead atoms. The van der Waals surface area contributed by atoms with Crippen LogP contribution in [0.5, 0.6) is 0 Å². The second-order valence-electron chi connectivity index (χ2n) is 4.53. The van der Waals surface area contributed by atoms with E-state index in [0.29, 0.717) is 16.6 Å². The Hall–Kier alpha value is -1.95. The number of anilines is 1. The summed E-state index contributed by atoms with van der Waals surface area (Å²) in [5, 5.41) is 14.1. The minimum absolute atomic E-state index is 0.113. The number of nitro groups is 1. The van der Waals surface area contributed by atoms with Crippen LogP contribution in [0.4, 0.5) is 11.4 Å². The molecule has 1 aromatic heterocycles. The Kier molecular flexibility index (Phi) is 4.34. The largest absolute Gasteiger partial charge is 0.380 e. The third-order valence-electron chi connectivity index (χ3n) is 3.09. The number of nitrogens with one attached hydrogen (secondary N) is 1. The van der Waals surface area contributed by atoms with Crippen molar-refractivity contribution in [1.82, 2.24) is 4.98 Å². The van der Waals surface area contributed by atoms with Crippen LogP contribution < -0.4 is 5.32 Å². The minimum Gasteiger partial charge on any atom is -0.380 e. The summed E-state index contributed by atoms with van der Waals surface area (Å²) < 4.78 is 0.682. The van der Waals surface area contributed by atoms with Gasteiger partial charge < -0.3 is 5.32 Å². The molecule has 0 saturated heterocycles. The molecule has 2 rings (SSSR count). The van der Waals surface area contributed by atoms with Gasteiger partial charge in [0.15, 0.2) is 0 Å². The van der Waals surface area contributed by atoms with Gasteiger partial charge in [-0.1, -0.05) is 0 Å². The minimum atomic E-state index is -0.378. The van der Waals surface area contributed by atoms with E-state index in [0.717, 1.165) is 16.8 Å². The predicted octanol–water partition coefficient (Wildman–Crippen LogP) is 3.98. The lowest BCUT2D eigenvalue weighted by molar-refractivity contribution is -0.385. The van der Waals surface area contributed by atoms with E-state index >= 15 is 0 Å². The average Bonchev–Trinajstić information content (AvgIpc) is 2.40. The van der Waals surface area contributed by atoms with E-state index in [2.05, 4.69) is 26.2 Å². The first-order valence-corrected chi connectivity index (χ1v) is 6.86. The molecular weight excluding hydrogens is 322 g/mol. The predicted molar refractivity (Wildman–Crippen MR) is 81.8 cm³/mol. The number of aromatic nitrogens is 1. The maximum Gasteiger partial charge on any atom is 0.273 e. The molecule has 1 N–H and O–H groups in total. The van der Waals surface area contributed by atoms with Gasteiger partial charge in [-0.25, -0.2) is 0 Å². The Morgan fingerprint density at radius 3 is 2.75 bits per heavy atom. The number of pyridine rings is 1. The number of hydrogen-bond acceptors (Lipinski definition) is 4. The monoisotopic (exact) mass is 335 g/mol. The molecule has 1 aromatic carbocycles. The molecule has 0 saturated carbocycles. The smallest absolute Gasteiger partial charge is 0.273 e. The van der Waals surface area contributed by atoms with Crippen LogP contribution in [0.1, 0.15) is 16.7 Å². The highest BCUT2D eigenvalue weighted by atomic mass is 79.9. The summed E-state index contributed by atoms with van der Waals surface area (Å²) in [4.78, 5) is 14.5. The fraction of sp³-hybridized carbons (Fsp3) is 0.214. The topological polar surface area (TPSA) is 68.1 Å². The maximum atomic E-state index is 10.9. The molecule has 5 nitrogen and oxygen atoms in total. The summed E-state index contributed by atoms with van der Waals surface area (Å²) in [5.41, 5.74) is 3.83. The van der Waals surface area contributed by atoms with Gasteiger partial charge in [0.25, 0.3) is 5.69 Å². The van der Waals surface area contributed by atoms with Crippen LogP contribution in [0.3, 0.4) is 0 Å². The van der Waals surface area contributed by atoms with Crippen LogP contribution in [0, 0.1) is 24.0 Å². The highest BCUT2D eigenvalue weighted by Gasteiger charge is 2.14. The summed E-state index contributed by atoms with van der Waals surface area (Å²) in [6.07, 6.45) is 3.56. The van der Waals surface area contributed by atoms with Crippen molar-refractivity contribution in [3.63, 3.8) is 0 Å². The van der Waals surface area contributed by atoms with Gasteiger partial charge in [-0.05, 0) is 53.0 Å². The molecule has 20 heavy (non-hydrogen) atoms. The third kappa shape index (κ3) is 3.14. The van der Waals surface area contributed by atoms with Crippen LogP contribution in [0.2, 0.25) is 0 Å². The summed E-state index contributed by atoms with van der Waals surface area (Å²) in [6.45, 7) is 4.37. The molecule has 104 valence electrons. The molecule has 1 heterocycles. The van der Waals surface area contributed by atoms with Crippen molar-refractivity contribution in [3.05, 3.63) is 61.9 Å². The second kappa shape index (κ2) is 6.00. The quantitative estimate of drug-likeness (QED) is 0.677. The molecule has 2 aromatic rings. The van der Waals surface area contributed by atoms with E-state index in [4.69, 9.17) is 0 Å². The standard InChI is InChI=1S/C14H14BrN3O2/c1-9-5-13(12(15)6-14(9)18(19)20)17-8-11-3-4-16-7-10(11)2/h3-7,17H,8H2,1-2H3. The summed E-state index contributed by atoms with van der Waals surface area (Å²) in [6, 6.07) is 5.25. The van der Waals surface area contributed by atoms with Crippen LogP contribution >= 0.6 is 15.9 Å². The summed E-state index contributed by atoms with van der Waals surface area (Å²) in [7, 11) is 0. The Morgan fingerprint density at radius 2 is 2.10 bits per heavy atom. The molecule has 0 aliphatic heterocycles. The van der Waals surface area contributed by atoms with Crippen molar-refractivity contribution in [2.24, 2.45) is 0 Å². The van der Waals surface area contributed by atoms with Gasteiger partial charge in [0.05, 0.1) is 4.92 Å². The molecule has 0 spiro atoms. The summed E-state index contributed by atoms with van der Waals surface area (Å²) >= 11 is 3.36. The first-order valence-electron chi connectivity index (χ1n) is 6.07. The fourth-order valence-corrected chi connectivity index (χ4v) is 2.37. The van der Waals surface area contributed by atoms with Crippen LogP contribution in [0.25, 0.3) is 0 Å². The average molecular weight is 336 g/mol. The van der Waals surface area contributed by atoms with E-state index in [1.807, 2.05) is 19.2 Å². The molecule has 0 aliphatic rings. The lowest BCUT2D eigenvalue weighted by Crippen LogP contribution is -2.03.